The Bertz CT molecular complexity index is 391. The molecule has 1 amide bonds. The van der Waals surface area contributed by atoms with E-state index in [1.807, 2.05) is 0 Å². The summed E-state index contributed by atoms with van der Waals surface area (Å²) in [4.78, 5) is 28.8. The number of carbonyl (C=O) groups is 2. The van der Waals surface area contributed by atoms with E-state index in [-0.39, 0.29) is 5.91 Å². The monoisotopic (exact) mass is 240 g/mol. The molecule has 0 bridgehead atoms. The Morgan fingerprint density at radius 1 is 1.50 bits per heavy atom. The molecule has 1 saturated heterocycles. The molecule has 1 aliphatic heterocycles. The number of hydrogen-bond donors (Lipinski definition) is 1. The van der Waals surface area contributed by atoms with E-state index in [1.54, 1.807) is 5.51 Å². The standard InChI is InChI=1S/C10H12N2O3S/c13-9(8-5-11-6-16-8)12-4-2-1-3-7(12)10(14)15/h5-7H,1-4H2,(H,14,15)/t7-/m0/s1. The van der Waals surface area contributed by atoms with Gasteiger partial charge in [0.15, 0.2) is 0 Å². The van der Waals surface area contributed by atoms with Crippen molar-refractivity contribution in [3.63, 3.8) is 0 Å². The molecule has 86 valence electrons. The third-order valence-electron chi connectivity index (χ3n) is 2.69. The number of carboxylic acid groups (broad SMARTS) is 1. The third kappa shape index (κ3) is 2.06. The van der Waals surface area contributed by atoms with Crippen molar-refractivity contribution in [2.75, 3.05) is 6.54 Å². The van der Waals surface area contributed by atoms with E-state index < -0.39 is 12.0 Å². The Hall–Kier alpha value is -1.43. The summed E-state index contributed by atoms with van der Waals surface area (Å²) < 4.78 is 0. The van der Waals surface area contributed by atoms with Gasteiger partial charge in [-0.1, -0.05) is 0 Å². The van der Waals surface area contributed by atoms with Crippen LogP contribution in [0.1, 0.15) is 28.9 Å². The second kappa shape index (κ2) is 4.61. The topological polar surface area (TPSA) is 70.5 Å². The minimum absolute atomic E-state index is 0.213. The van der Waals surface area contributed by atoms with Gasteiger partial charge in [-0.05, 0) is 19.3 Å². The first kappa shape index (κ1) is 11.1. The SMILES string of the molecule is O=C(O)[C@@H]1CCCCN1C(=O)c1cncs1. The predicted molar refractivity (Wildman–Crippen MR) is 58.4 cm³/mol. The lowest BCUT2D eigenvalue weighted by molar-refractivity contribution is -0.143. The van der Waals surface area contributed by atoms with Gasteiger partial charge in [0.2, 0.25) is 0 Å². The first-order chi connectivity index (χ1) is 7.70. The average molecular weight is 240 g/mol. The zero-order valence-corrected chi connectivity index (χ0v) is 9.44. The highest BCUT2D eigenvalue weighted by molar-refractivity contribution is 7.11. The summed E-state index contributed by atoms with van der Waals surface area (Å²) in [5.74, 6) is -1.13. The molecule has 1 fully saturated rings. The Morgan fingerprint density at radius 2 is 2.31 bits per heavy atom. The van der Waals surface area contributed by atoms with E-state index in [0.29, 0.717) is 17.8 Å². The molecule has 16 heavy (non-hydrogen) atoms. The largest absolute Gasteiger partial charge is 0.480 e. The predicted octanol–water partition coefficient (Wildman–Crippen LogP) is 1.22. The summed E-state index contributed by atoms with van der Waals surface area (Å²) in [5, 5.41) is 9.05. The summed E-state index contributed by atoms with van der Waals surface area (Å²) in [6, 6.07) is -0.677. The molecule has 2 heterocycles. The molecule has 0 unspecified atom stereocenters. The molecule has 0 aromatic carbocycles. The molecule has 6 heteroatoms. The van der Waals surface area contributed by atoms with Crippen LogP contribution in [0.3, 0.4) is 0 Å². The van der Waals surface area contributed by atoms with Gasteiger partial charge in [-0.25, -0.2) is 4.79 Å². The number of aliphatic carboxylic acids is 1. The van der Waals surface area contributed by atoms with Gasteiger partial charge in [0.25, 0.3) is 5.91 Å². The molecule has 1 N–H and O–H groups in total. The number of carbonyl (C=O) groups excluding carboxylic acids is 1. The number of likely N-dealkylation sites (tertiary alicyclic amines) is 1. The van der Waals surface area contributed by atoms with Crippen LogP contribution < -0.4 is 0 Å². The van der Waals surface area contributed by atoms with Crippen LogP contribution in [0.25, 0.3) is 0 Å². The van der Waals surface area contributed by atoms with Gasteiger partial charge in [-0.2, -0.15) is 0 Å². The summed E-state index contributed by atoms with van der Waals surface area (Å²) in [7, 11) is 0. The number of carboxylic acids is 1. The highest BCUT2D eigenvalue weighted by Crippen LogP contribution is 2.21. The van der Waals surface area contributed by atoms with Crippen molar-refractivity contribution in [1.82, 2.24) is 9.88 Å². The van der Waals surface area contributed by atoms with Gasteiger partial charge in [-0.3, -0.25) is 9.78 Å². The van der Waals surface area contributed by atoms with Crippen molar-refractivity contribution in [3.05, 3.63) is 16.6 Å². The van der Waals surface area contributed by atoms with E-state index >= 15 is 0 Å². The third-order valence-corrected chi connectivity index (χ3v) is 3.45. The average Bonchev–Trinajstić information content (AvgIpc) is 2.81. The minimum Gasteiger partial charge on any atom is -0.480 e. The van der Waals surface area contributed by atoms with Crippen LogP contribution in [0.4, 0.5) is 0 Å². The van der Waals surface area contributed by atoms with Crippen LogP contribution in [0.15, 0.2) is 11.7 Å². The van der Waals surface area contributed by atoms with Crippen molar-refractivity contribution in [2.45, 2.75) is 25.3 Å². The smallest absolute Gasteiger partial charge is 0.326 e. The number of nitrogens with zero attached hydrogens (tertiary/aromatic N) is 2. The Labute approximate surface area is 96.7 Å². The highest BCUT2D eigenvalue weighted by Gasteiger charge is 2.32. The maximum absolute atomic E-state index is 12.0. The fourth-order valence-electron chi connectivity index (χ4n) is 1.89. The number of thiazole rings is 1. The van der Waals surface area contributed by atoms with Crippen LogP contribution >= 0.6 is 11.3 Å². The molecule has 0 saturated carbocycles. The van der Waals surface area contributed by atoms with Crippen molar-refractivity contribution < 1.29 is 14.7 Å². The molecule has 0 radical (unpaired) electrons. The fourth-order valence-corrected chi connectivity index (χ4v) is 2.47. The van der Waals surface area contributed by atoms with Gasteiger partial charge in [0.1, 0.15) is 10.9 Å². The van der Waals surface area contributed by atoms with Crippen LogP contribution in [0.2, 0.25) is 0 Å². The van der Waals surface area contributed by atoms with E-state index in [0.717, 1.165) is 12.8 Å². The highest BCUT2D eigenvalue weighted by atomic mass is 32.1. The van der Waals surface area contributed by atoms with Crippen LogP contribution in [0.5, 0.6) is 0 Å². The van der Waals surface area contributed by atoms with E-state index in [1.165, 1.54) is 22.4 Å². The fraction of sp³-hybridized carbons (Fsp3) is 0.500. The summed E-state index contributed by atoms with van der Waals surface area (Å²) in [6.45, 7) is 0.522. The normalized spacial score (nSPS) is 20.8. The Kier molecular flexibility index (Phi) is 3.19. The van der Waals surface area contributed by atoms with Crippen molar-refractivity contribution in [3.8, 4) is 0 Å². The van der Waals surface area contributed by atoms with Crippen LogP contribution in [-0.4, -0.2) is 39.5 Å². The Morgan fingerprint density at radius 3 is 2.94 bits per heavy atom. The summed E-state index contributed by atoms with van der Waals surface area (Å²) >= 11 is 1.24. The minimum atomic E-state index is -0.919. The maximum atomic E-state index is 12.0. The molecule has 1 aliphatic rings. The van der Waals surface area contributed by atoms with Crippen molar-refractivity contribution in [2.24, 2.45) is 0 Å². The van der Waals surface area contributed by atoms with E-state index in [9.17, 15) is 9.59 Å². The quantitative estimate of drug-likeness (QED) is 0.843. The first-order valence-corrected chi connectivity index (χ1v) is 6.00. The number of aromatic nitrogens is 1. The molecular weight excluding hydrogens is 228 g/mol. The molecule has 1 atom stereocenters. The maximum Gasteiger partial charge on any atom is 0.326 e. The number of piperidine rings is 1. The van der Waals surface area contributed by atoms with Gasteiger partial charge in [0, 0.05) is 6.54 Å². The van der Waals surface area contributed by atoms with Crippen molar-refractivity contribution >= 4 is 23.2 Å². The zero-order chi connectivity index (χ0) is 11.5. The molecule has 1 aromatic rings. The molecule has 0 aliphatic carbocycles. The van der Waals surface area contributed by atoms with Crippen molar-refractivity contribution in [1.29, 1.82) is 0 Å². The van der Waals surface area contributed by atoms with E-state index in [2.05, 4.69) is 4.98 Å². The van der Waals surface area contributed by atoms with Gasteiger partial charge < -0.3 is 10.0 Å². The first-order valence-electron chi connectivity index (χ1n) is 5.12. The Balaban J connectivity index is 2.17. The number of amides is 1. The lowest BCUT2D eigenvalue weighted by Crippen LogP contribution is -2.47. The van der Waals surface area contributed by atoms with E-state index in [4.69, 9.17) is 5.11 Å². The molecule has 5 nitrogen and oxygen atoms in total. The van der Waals surface area contributed by atoms with Gasteiger partial charge in [-0.15, -0.1) is 11.3 Å². The number of rotatable bonds is 2. The summed E-state index contributed by atoms with van der Waals surface area (Å²) in [6.07, 6.45) is 3.76. The zero-order valence-electron chi connectivity index (χ0n) is 8.63. The van der Waals surface area contributed by atoms with Gasteiger partial charge >= 0.3 is 5.97 Å². The lowest BCUT2D eigenvalue weighted by Gasteiger charge is -2.32. The summed E-state index contributed by atoms with van der Waals surface area (Å²) in [5.41, 5.74) is 1.58. The molecule has 1 aromatic heterocycles. The molecular formula is C10H12N2O3S. The van der Waals surface area contributed by atoms with Crippen LogP contribution in [0, 0.1) is 0 Å². The second-order valence-corrected chi connectivity index (χ2v) is 4.60. The van der Waals surface area contributed by atoms with Crippen LogP contribution in [-0.2, 0) is 4.79 Å². The second-order valence-electron chi connectivity index (χ2n) is 3.71. The van der Waals surface area contributed by atoms with Gasteiger partial charge in [0.05, 0.1) is 11.7 Å². The molecule has 0 spiro atoms. The lowest BCUT2D eigenvalue weighted by atomic mass is 10.0. The molecule has 2 rings (SSSR count). The number of hydrogen-bond acceptors (Lipinski definition) is 4.